The SMILES string of the molecule is CCc1nccc(Nc2ccc(F)c(Cl)c2)n1. The van der Waals surface area contributed by atoms with Crippen LogP contribution in [0.2, 0.25) is 5.02 Å². The molecule has 0 unspecified atom stereocenters. The Morgan fingerprint density at radius 3 is 2.88 bits per heavy atom. The van der Waals surface area contributed by atoms with Gasteiger partial charge in [0.15, 0.2) is 0 Å². The second-order valence-corrected chi connectivity index (χ2v) is 3.87. The molecule has 1 N–H and O–H groups in total. The maximum absolute atomic E-state index is 13.0. The van der Waals surface area contributed by atoms with E-state index in [9.17, 15) is 4.39 Å². The number of aromatic nitrogens is 2. The molecule has 0 fully saturated rings. The zero-order chi connectivity index (χ0) is 12.3. The highest BCUT2D eigenvalue weighted by Crippen LogP contribution is 2.21. The third kappa shape index (κ3) is 2.91. The van der Waals surface area contributed by atoms with Gasteiger partial charge >= 0.3 is 0 Å². The van der Waals surface area contributed by atoms with Gasteiger partial charge in [0.1, 0.15) is 17.5 Å². The lowest BCUT2D eigenvalue weighted by atomic mass is 10.3. The van der Waals surface area contributed by atoms with Crippen molar-refractivity contribution in [1.29, 1.82) is 0 Å². The normalized spacial score (nSPS) is 10.3. The van der Waals surface area contributed by atoms with Crippen molar-refractivity contribution in [2.75, 3.05) is 5.32 Å². The van der Waals surface area contributed by atoms with Crippen molar-refractivity contribution < 1.29 is 4.39 Å². The molecule has 1 heterocycles. The molecule has 0 spiro atoms. The first-order chi connectivity index (χ1) is 8.19. The fraction of sp³-hybridized carbons (Fsp3) is 0.167. The first kappa shape index (κ1) is 11.8. The Kier molecular flexibility index (Phi) is 3.54. The summed E-state index contributed by atoms with van der Waals surface area (Å²) in [5.74, 6) is 0.983. The van der Waals surface area contributed by atoms with E-state index in [2.05, 4.69) is 15.3 Å². The Morgan fingerprint density at radius 1 is 1.35 bits per heavy atom. The highest BCUT2D eigenvalue weighted by atomic mass is 35.5. The molecule has 0 aliphatic carbocycles. The summed E-state index contributed by atoms with van der Waals surface area (Å²) < 4.78 is 13.0. The average Bonchev–Trinajstić information content (AvgIpc) is 2.34. The third-order valence-electron chi connectivity index (χ3n) is 2.21. The second-order valence-electron chi connectivity index (χ2n) is 3.47. The molecule has 0 saturated carbocycles. The largest absolute Gasteiger partial charge is 0.340 e. The number of nitrogens with zero attached hydrogens (tertiary/aromatic N) is 2. The molecule has 1 aromatic heterocycles. The topological polar surface area (TPSA) is 37.8 Å². The fourth-order valence-electron chi connectivity index (χ4n) is 1.36. The van der Waals surface area contributed by atoms with Gasteiger partial charge in [-0.25, -0.2) is 14.4 Å². The lowest BCUT2D eigenvalue weighted by molar-refractivity contribution is 0.628. The first-order valence-electron chi connectivity index (χ1n) is 5.23. The van der Waals surface area contributed by atoms with Gasteiger partial charge in [-0.1, -0.05) is 18.5 Å². The van der Waals surface area contributed by atoms with Crippen LogP contribution < -0.4 is 5.32 Å². The van der Waals surface area contributed by atoms with Gasteiger partial charge in [0, 0.05) is 18.3 Å². The smallest absolute Gasteiger partial charge is 0.141 e. The molecule has 0 saturated heterocycles. The van der Waals surface area contributed by atoms with Crippen LogP contribution in [0.4, 0.5) is 15.9 Å². The number of hydrogen-bond donors (Lipinski definition) is 1. The zero-order valence-corrected chi connectivity index (χ0v) is 10.0. The summed E-state index contributed by atoms with van der Waals surface area (Å²) in [6.07, 6.45) is 2.44. The van der Waals surface area contributed by atoms with Crippen molar-refractivity contribution in [2.24, 2.45) is 0 Å². The predicted octanol–water partition coefficient (Wildman–Crippen LogP) is 3.58. The van der Waals surface area contributed by atoms with Gasteiger partial charge in [-0.05, 0) is 24.3 Å². The average molecular weight is 252 g/mol. The van der Waals surface area contributed by atoms with Crippen molar-refractivity contribution in [3.8, 4) is 0 Å². The van der Waals surface area contributed by atoms with Crippen LogP contribution in [0.15, 0.2) is 30.5 Å². The number of aryl methyl sites for hydroxylation is 1. The molecule has 0 bridgehead atoms. The van der Waals surface area contributed by atoms with E-state index in [4.69, 9.17) is 11.6 Å². The first-order valence-corrected chi connectivity index (χ1v) is 5.61. The lowest BCUT2D eigenvalue weighted by Crippen LogP contribution is -1.98. The molecule has 0 aliphatic rings. The molecular weight excluding hydrogens is 241 g/mol. The summed E-state index contributed by atoms with van der Waals surface area (Å²) in [5.41, 5.74) is 0.692. The number of benzene rings is 1. The van der Waals surface area contributed by atoms with E-state index in [1.807, 2.05) is 6.92 Å². The van der Waals surface area contributed by atoms with Crippen molar-refractivity contribution in [3.63, 3.8) is 0 Å². The summed E-state index contributed by atoms with van der Waals surface area (Å²) in [6, 6.07) is 6.18. The van der Waals surface area contributed by atoms with E-state index in [0.717, 1.165) is 12.2 Å². The predicted molar refractivity (Wildman–Crippen MR) is 66.1 cm³/mol. The zero-order valence-electron chi connectivity index (χ0n) is 9.24. The summed E-state index contributed by atoms with van der Waals surface area (Å²) in [7, 11) is 0. The van der Waals surface area contributed by atoms with Gasteiger partial charge in [-0.2, -0.15) is 0 Å². The second kappa shape index (κ2) is 5.10. The van der Waals surface area contributed by atoms with E-state index in [0.29, 0.717) is 11.5 Å². The van der Waals surface area contributed by atoms with Crippen LogP contribution in [0.3, 0.4) is 0 Å². The number of anilines is 2. The van der Waals surface area contributed by atoms with Crippen LogP contribution in [0, 0.1) is 5.82 Å². The molecule has 0 radical (unpaired) electrons. The van der Waals surface area contributed by atoms with Crippen LogP contribution in [0.5, 0.6) is 0 Å². The maximum atomic E-state index is 13.0. The van der Waals surface area contributed by atoms with Crippen LogP contribution in [0.1, 0.15) is 12.7 Å². The van der Waals surface area contributed by atoms with Crippen LogP contribution in [-0.2, 0) is 6.42 Å². The Hall–Kier alpha value is -1.68. The quantitative estimate of drug-likeness (QED) is 0.906. The van der Waals surface area contributed by atoms with Gasteiger partial charge in [0.2, 0.25) is 0 Å². The molecule has 88 valence electrons. The number of halogens is 2. The molecule has 3 nitrogen and oxygen atoms in total. The van der Waals surface area contributed by atoms with E-state index < -0.39 is 5.82 Å². The molecule has 17 heavy (non-hydrogen) atoms. The van der Waals surface area contributed by atoms with Crippen LogP contribution >= 0.6 is 11.6 Å². The summed E-state index contributed by atoms with van der Waals surface area (Å²) in [5, 5.41) is 3.13. The van der Waals surface area contributed by atoms with Crippen molar-refractivity contribution in [2.45, 2.75) is 13.3 Å². The molecule has 0 amide bonds. The van der Waals surface area contributed by atoms with Crippen LogP contribution in [-0.4, -0.2) is 9.97 Å². The maximum Gasteiger partial charge on any atom is 0.141 e. The molecule has 2 rings (SSSR count). The molecule has 1 aromatic carbocycles. The van der Waals surface area contributed by atoms with E-state index in [-0.39, 0.29) is 5.02 Å². The van der Waals surface area contributed by atoms with Gasteiger partial charge in [-0.15, -0.1) is 0 Å². The highest BCUT2D eigenvalue weighted by molar-refractivity contribution is 6.31. The molecule has 0 aliphatic heterocycles. The van der Waals surface area contributed by atoms with Crippen LogP contribution in [0.25, 0.3) is 0 Å². The van der Waals surface area contributed by atoms with Crippen molar-refractivity contribution in [1.82, 2.24) is 9.97 Å². The Labute approximate surface area is 104 Å². The third-order valence-corrected chi connectivity index (χ3v) is 2.50. The Bertz CT molecular complexity index is 531. The minimum absolute atomic E-state index is 0.0831. The standard InChI is InChI=1S/C12H11ClFN3/c1-2-11-15-6-5-12(17-11)16-8-3-4-10(14)9(13)7-8/h3-7H,2H2,1H3,(H,15,16,17). The minimum atomic E-state index is -0.436. The molecular formula is C12H11ClFN3. The van der Waals surface area contributed by atoms with Crippen molar-refractivity contribution >= 4 is 23.1 Å². The van der Waals surface area contributed by atoms with Gasteiger partial charge in [-0.3, -0.25) is 0 Å². The highest BCUT2D eigenvalue weighted by Gasteiger charge is 2.02. The molecule has 0 atom stereocenters. The van der Waals surface area contributed by atoms with Crippen molar-refractivity contribution in [3.05, 3.63) is 47.1 Å². The Morgan fingerprint density at radius 2 is 2.18 bits per heavy atom. The van der Waals surface area contributed by atoms with E-state index in [1.165, 1.54) is 12.1 Å². The lowest BCUT2D eigenvalue weighted by Gasteiger charge is -2.06. The number of hydrogen-bond acceptors (Lipinski definition) is 3. The van der Waals surface area contributed by atoms with Gasteiger partial charge in [0.05, 0.1) is 5.02 Å². The minimum Gasteiger partial charge on any atom is -0.340 e. The molecule has 5 heteroatoms. The number of nitrogens with one attached hydrogen (secondary N) is 1. The number of rotatable bonds is 3. The van der Waals surface area contributed by atoms with E-state index >= 15 is 0 Å². The summed E-state index contributed by atoms with van der Waals surface area (Å²) in [6.45, 7) is 1.98. The monoisotopic (exact) mass is 251 g/mol. The van der Waals surface area contributed by atoms with E-state index in [1.54, 1.807) is 18.3 Å². The summed E-state index contributed by atoms with van der Waals surface area (Å²) >= 11 is 5.69. The molecule has 2 aromatic rings. The summed E-state index contributed by atoms with van der Waals surface area (Å²) in [4.78, 5) is 8.37. The van der Waals surface area contributed by atoms with Gasteiger partial charge in [0.25, 0.3) is 0 Å². The Balaban J connectivity index is 2.22. The fourth-order valence-corrected chi connectivity index (χ4v) is 1.54. The van der Waals surface area contributed by atoms with Gasteiger partial charge < -0.3 is 5.32 Å².